The van der Waals surface area contributed by atoms with Crippen LogP contribution in [0, 0.1) is 11.8 Å². The number of aliphatic hydroxyl groups is 1. The molecule has 1 unspecified atom stereocenters. The number of nitrogens with zero attached hydrogens (tertiary/aromatic N) is 1. The number of hydrogen-bond acceptors (Lipinski definition) is 3. The van der Waals surface area contributed by atoms with Gasteiger partial charge in [0.25, 0.3) is 0 Å². The Morgan fingerprint density at radius 3 is 2.52 bits per heavy atom. The minimum atomic E-state index is 0. The first-order chi connectivity index (χ1) is 13.7. The molecule has 3 N–H and O–H groups in total. The Hall–Kier alpha value is -0.860. The van der Waals surface area contributed by atoms with Gasteiger partial charge in [0.2, 0.25) is 0 Å². The Labute approximate surface area is 195 Å². The van der Waals surface area contributed by atoms with Crippen LogP contribution in [0.25, 0.3) is 0 Å². The maximum absolute atomic E-state index is 9.25. The van der Waals surface area contributed by atoms with Gasteiger partial charge in [-0.1, -0.05) is 44.2 Å². The third-order valence-corrected chi connectivity index (χ3v) is 4.58. The molecule has 168 valence electrons. The molecule has 0 aromatic heterocycles. The van der Waals surface area contributed by atoms with Crippen molar-refractivity contribution < 1.29 is 9.84 Å². The molecule has 0 radical (unpaired) electrons. The average molecular weight is 520 g/mol. The molecule has 6 heteroatoms. The number of unbranched alkanes of at least 4 members (excludes halogenated alkanes) is 1. The van der Waals surface area contributed by atoms with E-state index in [-0.39, 0.29) is 30.6 Å². The molecule has 0 fully saturated rings. The van der Waals surface area contributed by atoms with E-state index < -0.39 is 0 Å². The van der Waals surface area contributed by atoms with Gasteiger partial charge in [0.15, 0.2) is 5.96 Å². The van der Waals surface area contributed by atoms with Crippen molar-refractivity contribution in [2.75, 3.05) is 39.5 Å². The van der Waals surface area contributed by atoms with Crippen molar-refractivity contribution in [1.29, 1.82) is 0 Å². The van der Waals surface area contributed by atoms with Gasteiger partial charge in [-0.05, 0) is 56.4 Å². The molecule has 0 aliphatic heterocycles. The van der Waals surface area contributed by atoms with Crippen molar-refractivity contribution in [1.82, 2.24) is 10.6 Å². The van der Waals surface area contributed by atoms with Gasteiger partial charge < -0.3 is 20.5 Å². The van der Waals surface area contributed by atoms with Gasteiger partial charge >= 0.3 is 0 Å². The number of guanidine groups is 1. The second-order valence-electron chi connectivity index (χ2n) is 7.71. The summed E-state index contributed by atoms with van der Waals surface area (Å²) in [6, 6.07) is 10.5. The van der Waals surface area contributed by atoms with E-state index in [2.05, 4.69) is 55.7 Å². The maximum atomic E-state index is 9.25. The van der Waals surface area contributed by atoms with Crippen molar-refractivity contribution in [3.8, 4) is 0 Å². The van der Waals surface area contributed by atoms with E-state index in [0.29, 0.717) is 11.8 Å². The van der Waals surface area contributed by atoms with Gasteiger partial charge in [0, 0.05) is 32.8 Å². The van der Waals surface area contributed by atoms with E-state index in [1.54, 1.807) is 0 Å². The molecule has 0 amide bonds. The van der Waals surface area contributed by atoms with Crippen molar-refractivity contribution in [3.05, 3.63) is 35.9 Å². The highest BCUT2D eigenvalue weighted by molar-refractivity contribution is 14.0. The molecular weight excluding hydrogens is 477 g/mol. The van der Waals surface area contributed by atoms with E-state index in [0.717, 1.165) is 70.9 Å². The Bertz CT molecular complexity index is 512. The molecule has 1 aromatic carbocycles. The zero-order valence-electron chi connectivity index (χ0n) is 18.5. The smallest absolute Gasteiger partial charge is 0.191 e. The number of hydrogen-bond donors (Lipinski definition) is 3. The van der Waals surface area contributed by atoms with E-state index in [1.807, 2.05) is 6.07 Å². The monoisotopic (exact) mass is 519 g/mol. The number of benzene rings is 1. The van der Waals surface area contributed by atoms with Crippen LogP contribution in [0.15, 0.2) is 35.3 Å². The standard InChI is InChI=1S/C23H41N3O2.HI/c1-4-24-23(26-19-22(12-15-27)18-20(2)3)25-14-8-9-16-28-17-13-21-10-6-5-7-11-21;/h5-7,10-11,20,22,27H,4,8-9,12-19H2,1-3H3,(H2,24,25,26);1H. The lowest BCUT2D eigenvalue weighted by Gasteiger charge is -2.17. The SMILES string of the molecule is CCNC(=NCC(CCO)CC(C)C)NCCCCOCCc1ccccc1.I. The minimum Gasteiger partial charge on any atom is -0.396 e. The maximum Gasteiger partial charge on any atom is 0.191 e. The molecule has 0 bridgehead atoms. The molecule has 0 spiro atoms. The molecule has 0 saturated carbocycles. The summed E-state index contributed by atoms with van der Waals surface area (Å²) in [6.45, 7) is 10.8. The molecule has 1 atom stereocenters. The lowest BCUT2D eigenvalue weighted by atomic mass is 9.94. The Morgan fingerprint density at radius 2 is 1.86 bits per heavy atom. The lowest BCUT2D eigenvalue weighted by molar-refractivity contribution is 0.133. The van der Waals surface area contributed by atoms with Crippen LogP contribution in [0.1, 0.15) is 52.0 Å². The number of aliphatic hydroxyl groups excluding tert-OH is 1. The van der Waals surface area contributed by atoms with Crippen LogP contribution in [0.4, 0.5) is 0 Å². The first-order valence-corrected chi connectivity index (χ1v) is 10.9. The summed E-state index contributed by atoms with van der Waals surface area (Å²) in [7, 11) is 0. The highest BCUT2D eigenvalue weighted by atomic mass is 127. The largest absolute Gasteiger partial charge is 0.396 e. The second kappa shape index (κ2) is 19.1. The quantitative estimate of drug-likeness (QED) is 0.140. The van der Waals surface area contributed by atoms with Crippen molar-refractivity contribution in [2.45, 2.75) is 52.9 Å². The highest BCUT2D eigenvalue weighted by Gasteiger charge is 2.10. The molecule has 1 rings (SSSR count). The van der Waals surface area contributed by atoms with Crippen LogP contribution < -0.4 is 10.6 Å². The molecule has 0 aliphatic carbocycles. The molecule has 29 heavy (non-hydrogen) atoms. The molecule has 5 nitrogen and oxygen atoms in total. The summed E-state index contributed by atoms with van der Waals surface area (Å²) in [5.41, 5.74) is 1.33. The zero-order valence-corrected chi connectivity index (χ0v) is 20.9. The predicted molar refractivity (Wildman–Crippen MR) is 134 cm³/mol. The summed E-state index contributed by atoms with van der Waals surface area (Å²) in [6.07, 6.45) is 5.00. The molecule has 0 heterocycles. The van der Waals surface area contributed by atoms with Crippen LogP contribution in [0.5, 0.6) is 0 Å². The van der Waals surface area contributed by atoms with Crippen molar-refractivity contribution >= 4 is 29.9 Å². The normalized spacial score (nSPS) is 12.5. The van der Waals surface area contributed by atoms with Gasteiger partial charge in [0.1, 0.15) is 0 Å². The fourth-order valence-electron chi connectivity index (χ4n) is 3.17. The van der Waals surface area contributed by atoms with Gasteiger partial charge in [0.05, 0.1) is 6.61 Å². The van der Waals surface area contributed by atoms with Crippen LogP contribution in [0.3, 0.4) is 0 Å². The van der Waals surface area contributed by atoms with E-state index in [1.165, 1.54) is 5.56 Å². The predicted octanol–water partition coefficient (Wildman–Crippen LogP) is 4.24. The topological polar surface area (TPSA) is 65.9 Å². The fraction of sp³-hybridized carbons (Fsp3) is 0.696. The number of halogens is 1. The summed E-state index contributed by atoms with van der Waals surface area (Å²) in [5.74, 6) is 1.95. The number of aliphatic imine (C=N–C) groups is 1. The minimum absolute atomic E-state index is 0. The third kappa shape index (κ3) is 15.6. The molecule has 1 aromatic rings. The fourth-order valence-corrected chi connectivity index (χ4v) is 3.17. The van der Waals surface area contributed by atoms with Crippen molar-refractivity contribution in [2.24, 2.45) is 16.8 Å². The van der Waals surface area contributed by atoms with Gasteiger partial charge in [-0.15, -0.1) is 24.0 Å². The number of rotatable bonds is 15. The molecular formula is C23H42IN3O2. The molecule has 0 saturated heterocycles. The van der Waals surface area contributed by atoms with E-state index in [9.17, 15) is 5.11 Å². The first-order valence-electron chi connectivity index (χ1n) is 10.9. The van der Waals surface area contributed by atoms with Crippen LogP contribution >= 0.6 is 24.0 Å². The Kier molecular flexibility index (Phi) is 18.6. The molecule has 0 aliphatic rings. The van der Waals surface area contributed by atoms with Gasteiger partial charge in [-0.3, -0.25) is 4.99 Å². The Balaban J connectivity index is 0.00000784. The summed E-state index contributed by atoms with van der Waals surface area (Å²) in [4.78, 5) is 4.72. The zero-order chi connectivity index (χ0) is 20.5. The van der Waals surface area contributed by atoms with Gasteiger partial charge in [-0.2, -0.15) is 0 Å². The average Bonchev–Trinajstić information content (AvgIpc) is 2.68. The van der Waals surface area contributed by atoms with E-state index >= 15 is 0 Å². The third-order valence-electron chi connectivity index (χ3n) is 4.58. The van der Waals surface area contributed by atoms with E-state index in [4.69, 9.17) is 9.73 Å². The van der Waals surface area contributed by atoms with Crippen LogP contribution in [-0.2, 0) is 11.2 Å². The van der Waals surface area contributed by atoms with Crippen LogP contribution in [0.2, 0.25) is 0 Å². The second-order valence-corrected chi connectivity index (χ2v) is 7.71. The highest BCUT2D eigenvalue weighted by Crippen LogP contribution is 2.15. The number of nitrogens with one attached hydrogen (secondary N) is 2. The number of ether oxygens (including phenoxy) is 1. The summed E-state index contributed by atoms with van der Waals surface area (Å²) < 4.78 is 5.74. The van der Waals surface area contributed by atoms with Crippen LogP contribution in [-0.4, -0.2) is 50.5 Å². The van der Waals surface area contributed by atoms with Gasteiger partial charge in [-0.25, -0.2) is 0 Å². The Morgan fingerprint density at radius 1 is 1.10 bits per heavy atom. The lowest BCUT2D eigenvalue weighted by Crippen LogP contribution is -2.38. The summed E-state index contributed by atoms with van der Waals surface area (Å²) in [5, 5.41) is 16.0. The first kappa shape index (κ1) is 28.1. The van der Waals surface area contributed by atoms with Crippen molar-refractivity contribution in [3.63, 3.8) is 0 Å². The summed E-state index contributed by atoms with van der Waals surface area (Å²) >= 11 is 0.